The normalized spacial score (nSPS) is 10.6. The van der Waals surface area contributed by atoms with E-state index in [9.17, 15) is 19.7 Å². The highest BCUT2D eigenvalue weighted by atomic mass is 35.5. The first-order chi connectivity index (χ1) is 14.3. The fourth-order valence-corrected chi connectivity index (χ4v) is 3.46. The molecule has 0 fully saturated rings. The predicted molar refractivity (Wildman–Crippen MR) is 113 cm³/mol. The van der Waals surface area contributed by atoms with E-state index in [0.29, 0.717) is 21.7 Å². The van der Waals surface area contributed by atoms with Crippen molar-refractivity contribution in [1.29, 1.82) is 0 Å². The van der Waals surface area contributed by atoms with Crippen molar-refractivity contribution in [3.8, 4) is 0 Å². The molecule has 0 spiro atoms. The number of carbonyl (C=O) groups excluding carboxylic acids is 2. The van der Waals surface area contributed by atoms with Crippen LogP contribution in [0.1, 0.15) is 16.2 Å². The molecule has 1 amide bonds. The van der Waals surface area contributed by atoms with Gasteiger partial charge in [0.15, 0.2) is 10.9 Å². The molecule has 0 bridgehead atoms. The molecule has 0 unspecified atom stereocenters. The van der Waals surface area contributed by atoms with Gasteiger partial charge in [-0.2, -0.15) is 0 Å². The van der Waals surface area contributed by atoms with Gasteiger partial charge in [-0.05, 0) is 24.3 Å². The average Bonchev–Trinajstić information content (AvgIpc) is 3.07. The number of nitrogens with one attached hydrogen (secondary N) is 1. The van der Waals surface area contributed by atoms with E-state index >= 15 is 0 Å². The minimum Gasteiger partial charge on any atom is -0.326 e. The third kappa shape index (κ3) is 5.43. The molecular formula is C19H16ClN5O4S. The Bertz CT molecular complexity index is 1100. The van der Waals surface area contributed by atoms with Crippen LogP contribution >= 0.6 is 23.4 Å². The quantitative estimate of drug-likeness (QED) is 0.243. The van der Waals surface area contributed by atoms with E-state index in [0.717, 1.165) is 11.8 Å². The molecule has 0 radical (unpaired) electrons. The van der Waals surface area contributed by atoms with Gasteiger partial charge in [-0.1, -0.05) is 35.5 Å². The molecule has 11 heteroatoms. The van der Waals surface area contributed by atoms with Gasteiger partial charge in [0, 0.05) is 35.5 Å². The van der Waals surface area contributed by atoms with Crippen molar-refractivity contribution in [1.82, 2.24) is 14.8 Å². The van der Waals surface area contributed by atoms with Gasteiger partial charge in [-0.25, -0.2) is 0 Å². The van der Waals surface area contributed by atoms with Gasteiger partial charge in [-0.15, -0.1) is 10.2 Å². The first-order valence-electron chi connectivity index (χ1n) is 8.67. The molecule has 0 saturated carbocycles. The van der Waals surface area contributed by atoms with Crippen molar-refractivity contribution in [2.24, 2.45) is 7.05 Å². The topological polar surface area (TPSA) is 120 Å². The van der Waals surface area contributed by atoms with Gasteiger partial charge in [0.05, 0.1) is 17.1 Å². The third-order valence-electron chi connectivity index (χ3n) is 4.08. The van der Waals surface area contributed by atoms with Gasteiger partial charge >= 0.3 is 0 Å². The standard InChI is InChI=1S/C19H16ClN5O4S/c1-24-17(10-18(27)21-14-7-5-13(20)6-8-14)22-23-19(24)30-11-16(26)12-3-2-4-15(9-12)25(28)29/h2-9H,10-11H2,1H3,(H,21,27). The zero-order chi connectivity index (χ0) is 21.7. The lowest BCUT2D eigenvalue weighted by atomic mass is 10.1. The highest BCUT2D eigenvalue weighted by Crippen LogP contribution is 2.20. The number of non-ortho nitro benzene ring substituents is 1. The van der Waals surface area contributed by atoms with Gasteiger partial charge in [0.1, 0.15) is 5.82 Å². The van der Waals surface area contributed by atoms with Crippen LogP contribution < -0.4 is 5.32 Å². The Morgan fingerprint density at radius 1 is 1.20 bits per heavy atom. The number of rotatable bonds is 8. The Hall–Kier alpha value is -3.24. The second kappa shape index (κ2) is 9.51. The molecule has 0 aliphatic rings. The van der Waals surface area contributed by atoms with Crippen LogP contribution in [0.5, 0.6) is 0 Å². The summed E-state index contributed by atoms with van der Waals surface area (Å²) in [6.07, 6.45) is 0.00547. The van der Waals surface area contributed by atoms with Crippen LogP contribution in [-0.4, -0.2) is 37.1 Å². The van der Waals surface area contributed by atoms with Gasteiger partial charge in [-0.3, -0.25) is 19.7 Å². The summed E-state index contributed by atoms with van der Waals surface area (Å²) in [4.78, 5) is 34.9. The molecule has 3 aromatic rings. The highest BCUT2D eigenvalue weighted by Gasteiger charge is 2.16. The number of nitrogens with zero attached hydrogens (tertiary/aromatic N) is 4. The van der Waals surface area contributed by atoms with Crippen LogP contribution in [0.2, 0.25) is 5.02 Å². The van der Waals surface area contributed by atoms with E-state index in [4.69, 9.17) is 11.6 Å². The fraction of sp³-hybridized carbons (Fsp3) is 0.158. The molecule has 3 rings (SSSR count). The fourth-order valence-electron chi connectivity index (χ4n) is 2.51. The van der Waals surface area contributed by atoms with Crippen LogP contribution in [0.15, 0.2) is 53.7 Å². The lowest BCUT2D eigenvalue weighted by molar-refractivity contribution is -0.384. The number of nitro groups is 1. The molecule has 154 valence electrons. The molecule has 0 saturated heterocycles. The van der Waals surface area contributed by atoms with Crippen LogP contribution in [-0.2, 0) is 18.3 Å². The summed E-state index contributed by atoms with van der Waals surface area (Å²) in [6.45, 7) is 0. The molecule has 0 aliphatic carbocycles. The number of ketones is 1. The summed E-state index contributed by atoms with van der Waals surface area (Å²) in [5.41, 5.74) is 0.726. The Balaban J connectivity index is 1.59. The van der Waals surface area contributed by atoms with E-state index in [1.54, 1.807) is 35.9 Å². The number of amides is 1. The number of halogens is 1. The Morgan fingerprint density at radius 3 is 2.63 bits per heavy atom. The Morgan fingerprint density at radius 2 is 1.93 bits per heavy atom. The first-order valence-corrected chi connectivity index (χ1v) is 10.0. The van der Waals surface area contributed by atoms with Crippen molar-refractivity contribution in [3.05, 3.63) is 75.1 Å². The molecule has 0 atom stereocenters. The Kier molecular flexibility index (Phi) is 6.80. The van der Waals surface area contributed by atoms with Crippen molar-refractivity contribution in [2.75, 3.05) is 11.1 Å². The molecule has 1 aromatic heterocycles. The Labute approximate surface area is 180 Å². The van der Waals surface area contributed by atoms with Gasteiger partial charge in [0.2, 0.25) is 5.91 Å². The molecule has 1 heterocycles. The minimum absolute atomic E-state index is 0.00547. The van der Waals surface area contributed by atoms with Crippen molar-refractivity contribution in [3.63, 3.8) is 0 Å². The number of anilines is 1. The number of Topliss-reactive ketones (excluding diaryl/α,β-unsaturated/α-hetero) is 1. The highest BCUT2D eigenvalue weighted by molar-refractivity contribution is 7.99. The summed E-state index contributed by atoms with van der Waals surface area (Å²) in [5.74, 6) is -0.0676. The zero-order valence-electron chi connectivity index (χ0n) is 15.7. The van der Waals surface area contributed by atoms with Gasteiger partial charge < -0.3 is 9.88 Å². The lowest BCUT2D eigenvalue weighted by Crippen LogP contribution is -2.17. The monoisotopic (exact) mass is 445 g/mol. The number of hydrogen-bond donors (Lipinski definition) is 1. The van der Waals surface area contributed by atoms with Crippen molar-refractivity contribution >= 4 is 46.4 Å². The number of hydrogen-bond acceptors (Lipinski definition) is 7. The van der Waals surface area contributed by atoms with E-state index < -0.39 is 4.92 Å². The third-order valence-corrected chi connectivity index (χ3v) is 5.36. The molecule has 9 nitrogen and oxygen atoms in total. The van der Waals surface area contributed by atoms with Crippen LogP contribution in [0.4, 0.5) is 11.4 Å². The summed E-state index contributed by atoms with van der Waals surface area (Å²) in [6, 6.07) is 12.3. The van der Waals surface area contributed by atoms with E-state index in [2.05, 4.69) is 15.5 Å². The smallest absolute Gasteiger partial charge is 0.270 e. The van der Waals surface area contributed by atoms with E-state index in [1.165, 1.54) is 24.3 Å². The largest absolute Gasteiger partial charge is 0.326 e. The predicted octanol–water partition coefficient (Wildman–Crippen LogP) is 3.53. The maximum Gasteiger partial charge on any atom is 0.270 e. The van der Waals surface area contributed by atoms with Crippen LogP contribution in [0, 0.1) is 10.1 Å². The van der Waals surface area contributed by atoms with Crippen LogP contribution in [0.25, 0.3) is 0 Å². The van der Waals surface area contributed by atoms with Crippen molar-refractivity contribution in [2.45, 2.75) is 11.6 Å². The number of thioether (sulfide) groups is 1. The van der Waals surface area contributed by atoms with E-state index in [-0.39, 0.29) is 35.1 Å². The molecule has 30 heavy (non-hydrogen) atoms. The van der Waals surface area contributed by atoms with Crippen LogP contribution in [0.3, 0.4) is 0 Å². The maximum atomic E-state index is 12.3. The number of nitro benzene ring substituents is 1. The second-order valence-electron chi connectivity index (χ2n) is 6.21. The second-order valence-corrected chi connectivity index (χ2v) is 7.59. The number of benzene rings is 2. The number of carbonyl (C=O) groups is 2. The molecular weight excluding hydrogens is 430 g/mol. The zero-order valence-corrected chi connectivity index (χ0v) is 17.3. The minimum atomic E-state index is -0.548. The first kappa shape index (κ1) is 21.5. The summed E-state index contributed by atoms with van der Waals surface area (Å²) < 4.78 is 1.63. The van der Waals surface area contributed by atoms with Gasteiger partial charge in [0.25, 0.3) is 5.69 Å². The number of aromatic nitrogens is 3. The molecule has 1 N–H and O–H groups in total. The molecule has 2 aromatic carbocycles. The average molecular weight is 446 g/mol. The summed E-state index contributed by atoms with van der Waals surface area (Å²) in [5, 5.41) is 22.7. The maximum absolute atomic E-state index is 12.3. The summed E-state index contributed by atoms with van der Waals surface area (Å²) in [7, 11) is 1.70. The lowest BCUT2D eigenvalue weighted by Gasteiger charge is -2.06. The SMILES string of the molecule is Cn1c(CC(=O)Nc2ccc(Cl)cc2)nnc1SCC(=O)c1cccc([N+](=O)[O-])c1. The molecule has 0 aliphatic heterocycles. The van der Waals surface area contributed by atoms with Crippen molar-refractivity contribution < 1.29 is 14.5 Å². The van der Waals surface area contributed by atoms with E-state index in [1.807, 2.05) is 0 Å². The summed E-state index contributed by atoms with van der Waals surface area (Å²) >= 11 is 6.96.